The number of nitrogens with zero attached hydrogens (tertiary/aromatic N) is 1. The van der Waals surface area contributed by atoms with E-state index in [-0.39, 0.29) is 0 Å². The number of allylic oxidation sites excluding steroid dienone is 6. The molecular weight excluding hydrogens is 230 g/mol. The van der Waals surface area contributed by atoms with E-state index in [1.807, 2.05) is 55.5 Å². The van der Waals surface area contributed by atoms with Crippen molar-refractivity contribution in [2.75, 3.05) is 0 Å². The fourth-order valence-corrected chi connectivity index (χ4v) is 1.75. The molecule has 0 radical (unpaired) electrons. The molecule has 0 N–H and O–H groups in total. The summed E-state index contributed by atoms with van der Waals surface area (Å²) >= 11 is 0. The molecule has 1 aromatic carbocycles. The third kappa shape index (κ3) is 4.55. The average Bonchev–Trinajstić information content (AvgIpc) is 2.46. The SMILES string of the molecule is C=N/C(=C\C(=C)/C(=C/C=C\C)CC)c1ccccc1. The van der Waals surface area contributed by atoms with Crippen LogP contribution in [-0.2, 0) is 0 Å². The highest BCUT2D eigenvalue weighted by atomic mass is 14.7. The zero-order valence-electron chi connectivity index (χ0n) is 11.8. The minimum atomic E-state index is 0.852. The highest BCUT2D eigenvalue weighted by Gasteiger charge is 2.01. The predicted molar refractivity (Wildman–Crippen MR) is 86.3 cm³/mol. The fraction of sp³-hybridized carbons (Fsp3) is 0.167. The Bertz CT molecular complexity index is 516. The van der Waals surface area contributed by atoms with Crippen molar-refractivity contribution in [1.82, 2.24) is 0 Å². The number of hydrogen-bond donors (Lipinski definition) is 0. The van der Waals surface area contributed by atoms with Crippen molar-refractivity contribution in [1.29, 1.82) is 0 Å². The summed E-state index contributed by atoms with van der Waals surface area (Å²) in [5.41, 5.74) is 4.09. The molecule has 0 spiro atoms. The Balaban J connectivity index is 3.05. The summed E-state index contributed by atoms with van der Waals surface area (Å²) in [6, 6.07) is 10.0. The molecule has 0 heterocycles. The van der Waals surface area contributed by atoms with E-state index >= 15 is 0 Å². The van der Waals surface area contributed by atoms with Crippen LogP contribution in [0.2, 0.25) is 0 Å². The van der Waals surface area contributed by atoms with Gasteiger partial charge in [0.2, 0.25) is 0 Å². The lowest BCUT2D eigenvalue weighted by molar-refractivity contribution is 1.13. The van der Waals surface area contributed by atoms with Crippen LogP contribution in [0.1, 0.15) is 25.8 Å². The van der Waals surface area contributed by atoms with Gasteiger partial charge in [0.25, 0.3) is 0 Å². The topological polar surface area (TPSA) is 12.4 Å². The molecule has 0 atom stereocenters. The van der Waals surface area contributed by atoms with Crippen molar-refractivity contribution in [3.63, 3.8) is 0 Å². The lowest BCUT2D eigenvalue weighted by atomic mass is 10.0. The molecule has 0 aliphatic heterocycles. The van der Waals surface area contributed by atoms with Crippen LogP contribution in [0.15, 0.2) is 77.4 Å². The standard InChI is InChI=1S/C18H21N/c1-5-7-11-16(6-2)15(3)14-18(19-4)17-12-9-8-10-13-17/h5,7-14H,3-4,6H2,1-2H3/b7-5-,16-11+,18-14-. The van der Waals surface area contributed by atoms with Gasteiger partial charge in [-0.15, -0.1) is 0 Å². The van der Waals surface area contributed by atoms with Gasteiger partial charge >= 0.3 is 0 Å². The molecule has 0 bridgehead atoms. The molecule has 1 rings (SSSR count). The van der Waals surface area contributed by atoms with Crippen LogP contribution in [0, 0.1) is 0 Å². The lowest BCUT2D eigenvalue weighted by Gasteiger charge is -2.06. The second kappa shape index (κ2) is 8.04. The number of aliphatic imine (C=N–C) groups is 1. The molecule has 0 unspecified atom stereocenters. The number of rotatable bonds is 6. The Morgan fingerprint density at radius 3 is 2.47 bits per heavy atom. The smallest absolute Gasteiger partial charge is 0.0700 e. The predicted octanol–water partition coefficient (Wildman–Crippen LogP) is 5.20. The first-order valence-corrected chi connectivity index (χ1v) is 6.47. The van der Waals surface area contributed by atoms with E-state index in [2.05, 4.69) is 31.3 Å². The van der Waals surface area contributed by atoms with Gasteiger partial charge in [-0.2, -0.15) is 0 Å². The third-order valence-electron chi connectivity index (χ3n) is 2.83. The van der Waals surface area contributed by atoms with E-state index in [9.17, 15) is 0 Å². The fourth-order valence-electron chi connectivity index (χ4n) is 1.75. The molecule has 1 aromatic rings. The molecule has 0 amide bonds. The van der Waals surface area contributed by atoms with Crippen molar-refractivity contribution in [2.45, 2.75) is 20.3 Å². The Morgan fingerprint density at radius 2 is 1.95 bits per heavy atom. The van der Waals surface area contributed by atoms with Crippen LogP contribution < -0.4 is 0 Å². The van der Waals surface area contributed by atoms with Crippen molar-refractivity contribution in [3.05, 3.63) is 77.9 Å². The average molecular weight is 251 g/mol. The summed E-state index contributed by atoms with van der Waals surface area (Å²) in [6.45, 7) is 11.9. The molecule has 0 aliphatic carbocycles. The summed E-state index contributed by atoms with van der Waals surface area (Å²) in [5, 5.41) is 0. The highest BCUT2D eigenvalue weighted by molar-refractivity contribution is 5.71. The van der Waals surface area contributed by atoms with Crippen molar-refractivity contribution >= 4 is 12.4 Å². The summed E-state index contributed by atoms with van der Waals surface area (Å²) in [4.78, 5) is 4.10. The molecule has 19 heavy (non-hydrogen) atoms. The Kier molecular flexibility index (Phi) is 6.31. The number of benzene rings is 1. The third-order valence-corrected chi connectivity index (χ3v) is 2.83. The maximum Gasteiger partial charge on any atom is 0.0700 e. The van der Waals surface area contributed by atoms with Crippen LogP contribution in [0.4, 0.5) is 0 Å². The largest absolute Gasteiger partial charge is 0.264 e. The van der Waals surface area contributed by atoms with E-state index in [4.69, 9.17) is 0 Å². The summed E-state index contributed by atoms with van der Waals surface area (Å²) in [7, 11) is 0. The second-order valence-corrected chi connectivity index (χ2v) is 4.15. The molecule has 0 aliphatic rings. The van der Waals surface area contributed by atoms with Crippen LogP contribution in [0.3, 0.4) is 0 Å². The van der Waals surface area contributed by atoms with E-state index in [1.165, 1.54) is 5.57 Å². The Hall–Kier alpha value is -2.15. The molecule has 1 heteroatoms. The minimum Gasteiger partial charge on any atom is -0.264 e. The van der Waals surface area contributed by atoms with Crippen LogP contribution in [0.25, 0.3) is 5.70 Å². The van der Waals surface area contributed by atoms with Crippen LogP contribution >= 0.6 is 0 Å². The molecule has 0 aromatic heterocycles. The van der Waals surface area contributed by atoms with Gasteiger partial charge in [-0.05, 0) is 37.3 Å². The second-order valence-electron chi connectivity index (χ2n) is 4.15. The van der Waals surface area contributed by atoms with Crippen LogP contribution in [-0.4, -0.2) is 6.72 Å². The zero-order valence-corrected chi connectivity index (χ0v) is 11.8. The maximum absolute atomic E-state index is 4.13. The first kappa shape index (κ1) is 14.9. The minimum absolute atomic E-state index is 0.852. The van der Waals surface area contributed by atoms with Gasteiger partial charge in [0.1, 0.15) is 0 Å². The van der Waals surface area contributed by atoms with Gasteiger partial charge in [0.05, 0.1) is 5.70 Å². The van der Waals surface area contributed by atoms with E-state index in [0.29, 0.717) is 0 Å². The summed E-state index contributed by atoms with van der Waals surface area (Å²) < 4.78 is 0. The highest BCUT2D eigenvalue weighted by Crippen LogP contribution is 2.21. The van der Waals surface area contributed by atoms with Gasteiger partial charge in [-0.25, -0.2) is 0 Å². The first-order valence-electron chi connectivity index (χ1n) is 6.47. The molecular formula is C18H21N. The zero-order chi connectivity index (χ0) is 14.1. The molecule has 0 saturated carbocycles. The van der Waals surface area contributed by atoms with Crippen molar-refractivity contribution < 1.29 is 0 Å². The first-order chi connectivity index (χ1) is 9.22. The van der Waals surface area contributed by atoms with Crippen LogP contribution in [0.5, 0.6) is 0 Å². The number of hydrogen-bond acceptors (Lipinski definition) is 1. The van der Waals surface area contributed by atoms with E-state index in [1.54, 1.807) is 0 Å². The molecule has 0 fully saturated rings. The molecule has 1 nitrogen and oxygen atoms in total. The van der Waals surface area contributed by atoms with Crippen molar-refractivity contribution in [3.8, 4) is 0 Å². The van der Waals surface area contributed by atoms with Gasteiger partial charge in [-0.1, -0.05) is 62.1 Å². The maximum atomic E-state index is 4.13. The summed E-state index contributed by atoms with van der Waals surface area (Å²) in [5.74, 6) is 0. The van der Waals surface area contributed by atoms with Gasteiger partial charge < -0.3 is 0 Å². The van der Waals surface area contributed by atoms with Crippen molar-refractivity contribution in [2.24, 2.45) is 4.99 Å². The van der Waals surface area contributed by atoms with Gasteiger partial charge in [0.15, 0.2) is 0 Å². The van der Waals surface area contributed by atoms with E-state index in [0.717, 1.165) is 23.3 Å². The summed E-state index contributed by atoms with van der Waals surface area (Å²) in [6.07, 6.45) is 9.06. The van der Waals surface area contributed by atoms with E-state index < -0.39 is 0 Å². The normalized spacial score (nSPS) is 12.7. The lowest BCUT2D eigenvalue weighted by Crippen LogP contribution is -1.86. The van der Waals surface area contributed by atoms with Gasteiger partial charge in [-0.3, -0.25) is 4.99 Å². The van der Waals surface area contributed by atoms with Gasteiger partial charge in [0, 0.05) is 5.56 Å². The molecule has 98 valence electrons. The molecule has 0 saturated heterocycles. The Labute approximate surface area is 116 Å². The Morgan fingerprint density at radius 1 is 1.26 bits per heavy atom. The monoisotopic (exact) mass is 251 g/mol. The quantitative estimate of drug-likeness (QED) is 0.487.